The molecule has 100 valence electrons. The van der Waals surface area contributed by atoms with E-state index in [2.05, 4.69) is 10.1 Å². The number of benzene rings is 1. The minimum atomic E-state index is -4.81. The molecule has 0 bridgehead atoms. The molecule has 0 saturated carbocycles. The Morgan fingerprint density at radius 2 is 2.06 bits per heavy atom. The lowest BCUT2D eigenvalue weighted by atomic mass is 10.0. The van der Waals surface area contributed by atoms with Crippen molar-refractivity contribution in [3.8, 4) is 5.75 Å². The first-order valence-electron chi connectivity index (χ1n) is 5.07. The van der Waals surface area contributed by atoms with Crippen LogP contribution in [0.4, 0.5) is 13.2 Å². The van der Waals surface area contributed by atoms with Gasteiger partial charge in [0.25, 0.3) is 0 Å². The Kier molecular flexibility index (Phi) is 4.55. The van der Waals surface area contributed by atoms with Gasteiger partial charge in [-0.25, -0.2) is 0 Å². The summed E-state index contributed by atoms with van der Waals surface area (Å²) in [5.41, 5.74) is 0.153. The van der Waals surface area contributed by atoms with Gasteiger partial charge in [-0.1, -0.05) is 18.2 Å². The Balaban J connectivity index is 3.02. The van der Waals surface area contributed by atoms with Gasteiger partial charge in [0, 0.05) is 11.6 Å². The molecule has 0 heterocycles. The molecule has 4 nitrogen and oxygen atoms in total. The highest BCUT2D eigenvalue weighted by Gasteiger charge is 2.33. The molecule has 1 rings (SSSR count). The number of carbonyl (C=O) groups is 1. The zero-order chi connectivity index (χ0) is 13.8. The van der Waals surface area contributed by atoms with E-state index in [1.165, 1.54) is 25.2 Å². The van der Waals surface area contributed by atoms with Crippen molar-refractivity contribution in [2.45, 2.75) is 18.8 Å². The molecule has 0 radical (unpaired) electrons. The van der Waals surface area contributed by atoms with Gasteiger partial charge in [-0.3, -0.25) is 4.79 Å². The lowest BCUT2D eigenvalue weighted by Gasteiger charge is -2.19. The summed E-state index contributed by atoms with van der Waals surface area (Å²) in [6.07, 6.45) is -5.15. The van der Waals surface area contributed by atoms with Crippen LogP contribution in [0.3, 0.4) is 0 Å². The van der Waals surface area contributed by atoms with Crippen molar-refractivity contribution in [2.24, 2.45) is 0 Å². The minimum Gasteiger partial charge on any atom is -0.481 e. The van der Waals surface area contributed by atoms with Crippen molar-refractivity contribution in [1.29, 1.82) is 0 Å². The second kappa shape index (κ2) is 5.72. The van der Waals surface area contributed by atoms with Crippen LogP contribution in [0.25, 0.3) is 0 Å². The maximum atomic E-state index is 12.2. The lowest BCUT2D eigenvalue weighted by molar-refractivity contribution is -0.275. The number of rotatable bonds is 5. The first kappa shape index (κ1) is 14.3. The number of carboxylic acids is 1. The number of halogens is 3. The van der Waals surface area contributed by atoms with E-state index in [9.17, 15) is 18.0 Å². The van der Waals surface area contributed by atoms with E-state index in [0.29, 0.717) is 0 Å². The van der Waals surface area contributed by atoms with E-state index in [0.717, 1.165) is 6.07 Å². The smallest absolute Gasteiger partial charge is 0.481 e. The normalized spacial score (nSPS) is 13.1. The van der Waals surface area contributed by atoms with E-state index in [1.807, 2.05) is 0 Å². The molecule has 7 heteroatoms. The fourth-order valence-corrected chi connectivity index (χ4v) is 1.53. The van der Waals surface area contributed by atoms with Gasteiger partial charge in [0.05, 0.1) is 6.42 Å². The summed E-state index contributed by atoms with van der Waals surface area (Å²) in [6, 6.07) is 4.70. The molecule has 2 N–H and O–H groups in total. The van der Waals surface area contributed by atoms with Gasteiger partial charge in [-0.05, 0) is 13.1 Å². The van der Waals surface area contributed by atoms with Gasteiger partial charge in [0.1, 0.15) is 5.75 Å². The van der Waals surface area contributed by atoms with E-state index in [1.54, 1.807) is 0 Å². The van der Waals surface area contributed by atoms with Crippen molar-refractivity contribution < 1.29 is 27.8 Å². The second-order valence-electron chi connectivity index (χ2n) is 3.52. The molecule has 0 spiro atoms. The van der Waals surface area contributed by atoms with Crippen molar-refractivity contribution in [3.05, 3.63) is 29.8 Å². The predicted molar refractivity (Wildman–Crippen MR) is 57.2 cm³/mol. The number of carboxylic acid groups (broad SMARTS) is 1. The number of hydrogen-bond acceptors (Lipinski definition) is 3. The fraction of sp³-hybridized carbons (Fsp3) is 0.364. The van der Waals surface area contributed by atoms with Crippen molar-refractivity contribution in [2.75, 3.05) is 7.05 Å². The number of nitrogens with one attached hydrogen (secondary N) is 1. The minimum absolute atomic E-state index is 0.153. The average Bonchev–Trinajstić information content (AvgIpc) is 2.24. The molecular weight excluding hydrogens is 251 g/mol. The van der Waals surface area contributed by atoms with Crippen LogP contribution in [-0.4, -0.2) is 24.5 Å². The van der Waals surface area contributed by atoms with Crippen LogP contribution < -0.4 is 10.1 Å². The Morgan fingerprint density at radius 3 is 2.56 bits per heavy atom. The third-order valence-electron chi connectivity index (χ3n) is 2.25. The zero-order valence-corrected chi connectivity index (χ0v) is 9.49. The highest BCUT2D eigenvalue weighted by Crippen LogP contribution is 2.31. The van der Waals surface area contributed by atoms with Gasteiger partial charge >= 0.3 is 12.3 Å². The van der Waals surface area contributed by atoms with Crippen molar-refractivity contribution in [1.82, 2.24) is 5.32 Å². The molecule has 1 atom stereocenters. The first-order chi connectivity index (χ1) is 8.33. The summed E-state index contributed by atoms with van der Waals surface area (Å²) in [4.78, 5) is 10.6. The largest absolute Gasteiger partial charge is 0.573 e. The van der Waals surface area contributed by atoms with Crippen LogP contribution in [0.1, 0.15) is 18.0 Å². The van der Waals surface area contributed by atoms with Gasteiger partial charge in [0.2, 0.25) is 0 Å². The van der Waals surface area contributed by atoms with E-state index >= 15 is 0 Å². The molecule has 0 amide bonds. The molecule has 0 aliphatic carbocycles. The predicted octanol–water partition coefficient (Wildman–Crippen LogP) is 2.32. The Labute approximate surface area is 101 Å². The molecule has 1 unspecified atom stereocenters. The highest BCUT2D eigenvalue weighted by molar-refractivity contribution is 5.68. The number of aliphatic carboxylic acids is 1. The molecule has 0 saturated heterocycles. The quantitative estimate of drug-likeness (QED) is 0.856. The fourth-order valence-electron chi connectivity index (χ4n) is 1.53. The van der Waals surface area contributed by atoms with Crippen LogP contribution in [0.2, 0.25) is 0 Å². The molecule has 0 aliphatic heterocycles. The first-order valence-corrected chi connectivity index (χ1v) is 5.07. The Hall–Kier alpha value is -1.76. The van der Waals surface area contributed by atoms with Crippen LogP contribution >= 0.6 is 0 Å². The lowest BCUT2D eigenvalue weighted by Crippen LogP contribution is -2.23. The number of alkyl halides is 3. The number of ether oxygens (including phenoxy) is 1. The summed E-state index contributed by atoms with van der Waals surface area (Å²) in [7, 11) is 1.47. The average molecular weight is 263 g/mol. The van der Waals surface area contributed by atoms with Crippen LogP contribution in [0.15, 0.2) is 24.3 Å². The third-order valence-corrected chi connectivity index (χ3v) is 2.25. The summed E-state index contributed by atoms with van der Waals surface area (Å²) in [5.74, 6) is -1.51. The summed E-state index contributed by atoms with van der Waals surface area (Å²) >= 11 is 0. The van der Waals surface area contributed by atoms with Crippen LogP contribution in [0.5, 0.6) is 5.75 Å². The van der Waals surface area contributed by atoms with Gasteiger partial charge in [-0.2, -0.15) is 0 Å². The van der Waals surface area contributed by atoms with Gasteiger partial charge in [-0.15, -0.1) is 13.2 Å². The van der Waals surface area contributed by atoms with E-state index in [4.69, 9.17) is 5.11 Å². The van der Waals surface area contributed by atoms with Crippen LogP contribution in [0, 0.1) is 0 Å². The molecule has 18 heavy (non-hydrogen) atoms. The number of hydrogen-bond donors (Lipinski definition) is 2. The number of para-hydroxylation sites is 1. The molecule has 0 aromatic heterocycles. The van der Waals surface area contributed by atoms with Gasteiger partial charge < -0.3 is 15.2 Å². The maximum Gasteiger partial charge on any atom is 0.573 e. The Morgan fingerprint density at radius 1 is 1.44 bits per heavy atom. The monoisotopic (exact) mass is 263 g/mol. The SMILES string of the molecule is CNC(CC(=O)O)c1ccccc1OC(F)(F)F. The topological polar surface area (TPSA) is 58.6 Å². The third kappa shape index (κ3) is 4.25. The van der Waals surface area contributed by atoms with Crippen molar-refractivity contribution in [3.63, 3.8) is 0 Å². The zero-order valence-electron chi connectivity index (χ0n) is 9.49. The Bertz CT molecular complexity index is 420. The standard InChI is InChI=1S/C11H12F3NO3/c1-15-8(6-10(16)17)7-4-2-3-5-9(7)18-11(12,13)14/h2-5,8,15H,6H2,1H3,(H,16,17). The summed E-state index contributed by atoms with van der Waals surface area (Å²) < 4.78 is 40.4. The summed E-state index contributed by atoms with van der Waals surface area (Å²) in [6.45, 7) is 0. The molecule has 0 aliphatic rings. The second-order valence-corrected chi connectivity index (χ2v) is 3.52. The summed E-state index contributed by atoms with van der Waals surface area (Å²) in [5, 5.41) is 11.3. The molecular formula is C11H12F3NO3. The molecule has 0 fully saturated rings. The van der Waals surface area contributed by atoms with Gasteiger partial charge in [0.15, 0.2) is 0 Å². The maximum absolute atomic E-state index is 12.2. The molecule has 1 aromatic carbocycles. The van der Waals surface area contributed by atoms with Crippen LogP contribution in [-0.2, 0) is 4.79 Å². The van der Waals surface area contributed by atoms with E-state index < -0.39 is 24.1 Å². The van der Waals surface area contributed by atoms with E-state index in [-0.39, 0.29) is 12.0 Å². The molecule has 1 aromatic rings. The van der Waals surface area contributed by atoms with Crippen molar-refractivity contribution >= 4 is 5.97 Å². The highest BCUT2D eigenvalue weighted by atomic mass is 19.4.